The average molecular weight is 295 g/mol. The molecule has 17 heavy (non-hydrogen) atoms. The van der Waals surface area contributed by atoms with Gasteiger partial charge in [0.25, 0.3) is 0 Å². The summed E-state index contributed by atoms with van der Waals surface area (Å²) < 4.78 is 6.51. The highest BCUT2D eigenvalue weighted by molar-refractivity contribution is 9.10. The number of hydrogen-bond acceptors (Lipinski definition) is 3. The number of nitrogens with zero attached hydrogens (tertiary/aromatic N) is 1. The molecule has 2 rings (SSSR count). The zero-order valence-corrected chi connectivity index (χ0v) is 11.3. The lowest BCUT2D eigenvalue weighted by molar-refractivity contribution is 0.0103. The minimum atomic E-state index is -0.502. The highest BCUT2D eigenvalue weighted by Crippen LogP contribution is 2.29. The van der Waals surface area contributed by atoms with E-state index in [1.54, 1.807) is 0 Å². The predicted molar refractivity (Wildman–Crippen MR) is 70.8 cm³/mol. The van der Waals surface area contributed by atoms with E-state index in [-0.39, 0.29) is 6.10 Å². The zero-order valence-electron chi connectivity index (χ0n) is 9.74. The van der Waals surface area contributed by atoms with E-state index in [1.807, 2.05) is 31.2 Å². The molecule has 1 aromatic carbocycles. The lowest BCUT2D eigenvalue weighted by atomic mass is 9.88. The Hall–Kier alpha value is -1.05. The summed E-state index contributed by atoms with van der Waals surface area (Å²) in [4.78, 5) is 0. The lowest BCUT2D eigenvalue weighted by Gasteiger charge is -2.35. The largest absolute Gasteiger partial charge is 0.378 e. The molecule has 4 heteroatoms. The fourth-order valence-electron chi connectivity index (χ4n) is 2.17. The van der Waals surface area contributed by atoms with Crippen LogP contribution in [0.3, 0.4) is 0 Å². The molecule has 2 atom stereocenters. The molecule has 1 heterocycles. The van der Waals surface area contributed by atoms with E-state index in [0.717, 1.165) is 23.0 Å². The Labute approximate surface area is 110 Å². The molecular weight excluding hydrogens is 280 g/mol. The topological polar surface area (TPSA) is 45.0 Å². The first-order valence-corrected chi connectivity index (χ1v) is 6.49. The molecule has 0 aromatic heterocycles. The summed E-state index contributed by atoms with van der Waals surface area (Å²) in [6.45, 7) is 2.64. The van der Waals surface area contributed by atoms with Gasteiger partial charge in [0, 0.05) is 23.0 Å². The molecule has 3 nitrogen and oxygen atoms in total. The molecule has 2 unspecified atom stereocenters. The van der Waals surface area contributed by atoms with Crippen molar-refractivity contribution in [2.24, 2.45) is 0 Å². The van der Waals surface area contributed by atoms with Gasteiger partial charge in [0.2, 0.25) is 0 Å². The molecule has 90 valence electrons. The van der Waals surface area contributed by atoms with Gasteiger partial charge in [0.1, 0.15) is 5.54 Å². The van der Waals surface area contributed by atoms with Gasteiger partial charge in [-0.25, -0.2) is 0 Å². The quantitative estimate of drug-likeness (QED) is 0.910. The Kier molecular flexibility index (Phi) is 3.70. The maximum Gasteiger partial charge on any atom is 0.130 e. The van der Waals surface area contributed by atoms with Gasteiger partial charge in [-0.05, 0) is 25.1 Å². The summed E-state index contributed by atoms with van der Waals surface area (Å²) >= 11 is 3.43. The van der Waals surface area contributed by atoms with Crippen molar-refractivity contribution < 1.29 is 4.74 Å². The number of ether oxygens (including phenoxy) is 1. The highest BCUT2D eigenvalue weighted by atomic mass is 79.9. The number of hydrogen-bond donors (Lipinski definition) is 1. The first-order valence-electron chi connectivity index (χ1n) is 5.70. The summed E-state index contributed by atoms with van der Waals surface area (Å²) in [7, 11) is 0. The van der Waals surface area contributed by atoms with Gasteiger partial charge in [0.15, 0.2) is 0 Å². The molecule has 1 aliphatic rings. The van der Waals surface area contributed by atoms with Crippen LogP contribution >= 0.6 is 15.9 Å². The van der Waals surface area contributed by atoms with E-state index in [2.05, 4.69) is 27.3 Å². The summed E-state index contributed by atoms with van der Waals surface area (Å²) in [5.41, 5.74) is 0.466. The molecule has 1 N–H and O–H groups in total. The van der Waals surface area contributed by atoms with E-state index in [1.165, 1.54) is 0 Å². The molecule has 1 fully saturated rings. The normalized spacial score (nSPS) is 28.4. The van der Waals surface area contributed by atoms with Crippen molar-refractivity contribution in [3.05, 3.63) is 28.7 Å². The Morgan fingerprint density at radius 3 is 3.06 bits per heavy atom. The van der Waals surface area contributed by atoms with Crippen molar-refractivity contribution in [2.45, 2.75) is 31.4 Å². The molecule has 1 saturated heterocycles. The van der Waals surface area contributed by atoms with Crippen LogP contribution in [0.15, 0.2) is 28.7 Å². The number of anilines is 1. The van der Waals surface area contributed by atoms with Crippen LogP contribution in [0.25, 0.3) is 0 Å². The monoisotopic (exact) mass is 294 g/mol. The van der Waals surface area contributed by atoms with Gasteiger partial charge in [-0.2, -0.15) is 5.26 Å². The molecular formula is C13H15BrN2O. The molecule has 0 spiro atoms. The van der Waals surface area contributed by atoms with Gasteiger partial charge in [-0.15, -0.1) is 0 Å². The van der Waals surface area contributed by atoms with Crippen molar-refractivity contribution in [3.63, 3.8) is 0 Å². The number of benzene rings is 1. The Morgan fingerprint density at radius 2 is 2.41 bits per heavy atom. The summed E-state index contributed by atoms with van der Waals surface area (Å²) in [6, 6.07) is 10.3. The molecule has 0 bridgehead atoms. The van der Waals surface area contributed by atoms with Crippen LogP contribution in [0.4, 0.5) is 5.69 Å². The summed E-state index contributed by atoms with van der Waals surface area (Å²) in [6.07, 6.45) is 1.57. The van der Waals surface area contributed by atoms with Crippen molar-refractivity contribution in [2.75, 3.05) is 11.9 Å². The van der Waals surface area contributed by atoms with Crippen LogP contribution in [0.2, 0.25) is 0 Å². The highest BCUT2D eigenvalue weighted by Gasteiger charge is 2.35. The first kappa shape index (κ1) is 12.4. The number of nitrogens with one attached hydrogen (secondary N) is 1. The van der Waals surface area contributed by atoms with E-state index >= 15 is 0 Å². The average Bonchev–Trinajstić information content (AvgIpc) is 2.29. The van der Waals surface area contributed by atoms with E-state index in [9.17, 15) is 5.26 Å². The summed E-state index contributed by atoms with van der Waals surface area (Å²) in [5.74, 6) is 0. The van der Waals surface area contributed by atoms with Gasteiger partial charge in [0.05, 0.1) is 18.8 Å². The number of halogens is 1. The van der Waals surface area contributed by atoms with Crippen molar-refractivity contribution in [3.8, 4) is 6.07 Å². The van der Waals surface area contributed by atoms with Crippen molar-refractivity contribution in [1.82, 2.24) is 0 Å². The smallest absolute Gasteiger partial charge is 0.130 e. The van der Waals surface area contributed by atoms with Gasteiger partial charge >= 0.3 is 0 Å². The van der Waals surface area contributed by atoms with Crippen LogP contribution in [-0.4, -0.2) is 18.2 Å². The van der Waals surface area contributed by atoms with Gasteiger partial charge in [-0.3, -0.25) is 0 Å². The van der Waals surface area contributed by atoms with Crippen LogP contribution < -0.4 is 5.32 Å². The Balaban J connectivity index is 2.17. The molecule has 0 radical (unpaired) electrons. The van der Waals surface area contributed by atoms with Crippen LogP contribution in [0.5, 0.6) is 0 Å². The third kappa shape index (κ3) is 2.99. The maximum atomic E-state index is 9.41. The fraction of sp³-hybridized carbons (Fsp3) is 0.462. The van der Waals surface area contributed by atoms with Gasteiger partial charge < -0.3 is 10.1 Å². The van der Waals surface area contributed by atoms with Crippen LogP contribution in [-0.2, 0) is 4.74 Å². The zero-order chi connectivity index (χ0) is 12.3. The van der Waals surface area contributed by atoms with Crippen LogP contribution in [0, 0.1) is 11.3 Å². The van der Waals surface area contributed by atoms with Crippen LogP contribution in [0.1, 0.15) is 19.8 Å². The lowest BCUT2D eigenvalue weighted by Crippen LogP contribution is -2.45. The van der Waals surface area contributed by atoms with E-state index in [4.69, 9.17) is 4.74 Å². The molecule has 1 aliphatic heterocycles. The second-order valence-electron chi connectivity index (χ2n) is 4.46. The van der Waals surface area contributed by atoms with Gasteiger partial charge in [-0.1, -0.05) is 22.0 Å². The first-order chi connectivity index (χ1) is 8.13. The minimum absolute atomic E-state index is 0.128. The standard InChI is InChI=1S/C13H15BrN2O/c1-10-8-13(9-15,5-6-17-10)16-12-4-2-3-11(14)7-12/h2-4,7,10,16H,5-6,8H2,1H3. The molecule has 1 aromatic rings. The summed E-state index contributed by atoms with van der Waals surface area (Å²) in [5, 5.41) is 12.8. The van der Waals surface area contributed by atoms with Crippen molar-refractivity contribution >= 4 is 21.6 Å². The molecule has 0 aliphatic carbocycles. The third-order valence-corrected chi connectivity index (χ3v) is 3.48. The number of nitriles is 1. The minimum Gasteiger partial charge on any atom is -0.378 e. The Morgan fingerprint density at radius 1 is 1.59 bits per heavy atom. The molecule has 0 amide bonds. The molecule has 0 saturated carbocycles. The number of rotatable bonds is 2. The second kappa shape index (κ2) is 5.07. The van der Waals surface area contributed by atoms with Crippen molar-refractivity contribution in [1.29, 1.82) is 5.26 Å². The Bertz CT molecular complexity index is 443. The SMILES string of the molecule is CC1CC(C#N)(Nc2cccc(Br)c2)CCO1. The fourth-order valence-corrected chi connectivity index (χ4v) is 2.57. The third-order valence-electron chi connectivity index (χ3n) is 2.99. The van der Waals surface area contributed by atoms with E-state index < -0.39 is 5.54 Å². The predicted octanol–water partition coefficient (Wildman–Crippen LogP) is 3.32. The second-order valence-corrected chi connectivity index (χ2v) is 5.38. The van der Waals surface area contributed by atoms with E-state index in [0.29, 0.717) is 6.61 Å². The maximum absolute atomic E-state index is 9.41.